The minimum absolute atomic E-state index is 0.177. The van der Waals surface area contributed by atoms with Crippen LogP contribution in [0.5, 0.6) is 17.2 Å². The maximum Gasteiger partial charge on any atom is 0.251 e. The molecule has 1 atom stereocenters. The zero-order chi connectivity index (χ0) is 22.1. The van der Waals surface area contributed by atoms with Gasteiger partial charge in [0.1, 0.15) is 5.75 Å². The van der Waals surface area contributed by atoms with E-state index in [-0.39, 0.29) is 18.5 Å². The quantitative estimate of drug-likeness (QED) is 0.719. The van der Waals surface area contributed by atoms with Gasteiger partial charge in [0.15, 0.2) is 11.5 Å². The van der Waals surface area contributed by atoms with Gasteiger partial charge in [-0.25, -0.2) is 8.42 Å². The van der Waals surface area contributed by atoms with Crippen LogP contribution in [0.2, 0.25) is 0 Å². The van der Waals surface area contributed by atoms with E-state index in [9.17, 15) is 13.2 Å². The van der Waals surface area contributed by atoms with E-state index in [4.69, 9.17) is 14.2 Å². The summed E-state index contributed by atoms with van der Waals surface area (Å²) in [4.78, 5) is 12.7. The second-order valence-electron chi connectivity index (χ2n) is 7.16. The Morgan fingerprint density at radius 3 is 2.30 bits per heavy atom. The number of ether oxygens (including phenoxy) is 3. The lowest BCUT2D eigenvalue weighted by Crippen LogP contribution is -2.34. The van der Waals surface area contributed by atoms with Crippen molar-refractivity contribution in [3.63, 3.8) is 0 Å². The fourth-order valence-corrected chi connectivity index (χ4v) is 5.02. The molecule has 1 aliphatic heterocycles. The van der Waals surface area contributed by atoms with Gasteiger partial charge in [-0.05, 0) is 43.2 Å². The standard InChI is InChI=1S/C21H26N2O6S/c1-13-8-15-9-14(6-7-17(15)23(13)30(5,25)26)21(24)22-12-16-10-19(28-3)20(29-4)11-18(16)27-2/h6-7,9-11,13H,8,12H2,1-5H3,(H,22,24)/t13-/m0/s1. The zero-order valence-electron chi connectivity index (χ0n) is 17.7. The number of nitrogens with zero attached hydrogens (tertiary/aromatic N) is 1. The first kappa shape index (κ1) is 21.8. The Morgan fingerprint density at radius 1 is 1.07 bits per heavy atom. The minimum Gasteiger partial charge on any atom is -0.496 e. The molecule has 0 saturated carbocycles. The average Bonchev–Trinajstić information content (AvgIpc) is 3.06. The zero-order valence-corrected chi connectivity index (χ0v) is 18.5. The number of nitrogens with one attached hydrogen (secondary N) is 1. The van der Waals surface area contributed by atoms with Gasteiger partial charge in [-0.1, -0.05) is 0 Å². The molecule has 0 radical (unpaired) electrons. The third-order valence-corrected chi connectivity index (χ3v) is 6.35. The Hall–Kier alpha value is -2.94. The molecule has 2 aromatic rings. The molecule has 0 bridgehead atoms. The Morgan fingerprint density at radius 2 is 1.70 bits per heavy atom. The number of hydrogen-bond donors (Lipinski definition) is 1. The number of anilines is 1. The molecular weight excluding hydrogens is 408 g/mol. The SMILES string of the molecule is COc1cc(OC)c(OC)cc1CNC(=O)c1ccc2c(c1)C[C@H](C)N2S(C)(=O)=O. The topological polar surface area (TPSA) is 94.2 Å². The van der Waals surface area contributed by atoms with Crippen molar-refractivity contribution in [3.05, 3.63) is 47.0 Å². The first-order chi connectivity index (χ1) is 14.2. The van der Waals surface area contributed by atoms with Gasteiger partial charge >= 0.3 is 0 Å². The molecule has 30 heavy (non-hydrogen) atoms. The van der Waals surface area contributed by atoms with Crippen molar-refractivity contribution in [1.82, 2.24) is 5.32 Å². The highest BCUT2D eigenvalue weighted by Gasteiger charge is 2.32. The van der Waals surface area contributed by atoms with E-state index in [2.05, 4.69) is 5.32 Å². The van der Waals surface area contributed by atoms with Gasteiger partial charge in [-0.15, -0.1) is 0 Å². The molecule has 162 valence electrons. The average molecular weight is 435 g/mol. The van der Waals surface area contributed by atoms with Crippen LogP contribution in [0.4, 0.5) is 5.69 Å². The molecule has 0 unspecified atom stereocenters. The lowest BCUT2D eigenvalue weighted by Gasteiger charge is -2.21. The van der Waals surface area contributed by atoms with Crippen molar-refractivity contribution in [2.75, 3.05) is 31.9 Å². The molecule has 0 aliphatic carbocycles. The summed E-state index contributed by atoms with van der Waals surface area (Å²) in [7, 11) is 1.26. The number of hydrogen-bond acceptors (Lipinski definition) is 6. The van der Waals surface area contributed by atoms with Gasteiger partial charge in [-0.3, -0.25) is 9.10 Å². The first-order valence-corrected chi connectivity index (χ1v) is 11.2. The molecule has 0 fully saturated rings. The molecule has 3 rings (SSSR count). The molecule has 0 aromatic heterocycles. The van der Waals surface area contributed by atoms with Gasteiger partial charge in [-0.2, -0.15) is 0 Å². The maximum absolute atomic E-state index is 12.7. The number of carbonyl (C=O) groups excluding carboxylic acids is 1. The summed E-state index contributed by atoms with van der Waals surface area (Å²) in [6, 6.07) is 8.35. The summed E-state index contributed by atoms with van der Waals surface area (Å²) in [6.07, 6.45) is 1.75. The van der Waals surface area contributed by atoms with Crippen LogP contribution in [-0.4, -0.2) is 48.0 Å². The van der Waals surface area contributed by atoms with Crippen LogP contribution in [-0.2, 0) is 23.0 Å². The normalized spacial score (nSPS) is 15.5. The van der Waals surface area contributed by atoms with Crippen LogP contribution in [0, 0.1) is 0 Å². The lowest BCUT2D eigenvalue weighted by molar-refractivity contribution is 0.0950. The van der Waals surface area contributed by atoms with Crippen LogP contribution in [0.25, 0.3) is 0 Å². The highest BCUT2D eigenvalue weighted by molar-refractivity contribution is 7.92. The molecule has 1 N–H and O–H groups in total. The fourth-order valence-electron chi connectivity index (χ4n) is 3.76. The number of sulfonamides is 1. The number of methoxy groups -OCH3 is 3. The maximum atomic E-state index is 12.7. The van der Waals surface area contributed by atoms with Gasteiger partial charge in [0.25, 0.3) is 5.91 Å². The van der Waals surface area contributed by atoms with E-state index in [1.54, 1.807) is 44.6 Å². The van der Waals surface area contributed by atoms with E-state index in [0.717, 1.165) is 11.1 Å². The van der Waals surface area contributed by atoms with Crippen molar-refractivity contribution >= 4 is 21.6 Å². The summed E-state index contributed by atoms with van der Waals surface area (Å²) in [6.45, 7) is 2.08. The summed E-state index contributed by atoms with van der Waals surface area (Å²) >= 11 is 0. The van der Waals surface area contributed by atoms with E-state index in [0.29, 0.717) is 34.9 Å². The molecule has 2 aromatic carbocycles. The molecule has 1 aliphatic rings. The van der Waals surface area contributed by atoms with Gasteiger partial charge in [0.05, 0.1) is 33.3 Å². The van der Waals surface area contributed by atoms with Crippen LogP contribution < -0.4 is 23.8 Å². The summed E-state index contributed by atoms with van der Waals surface area (Å²) in [5, 5.41) is 2.88. The predicted octanol–water partition coefficient (Wildman–Crippen LogP) is 2.35. The van der Waals surface area contributed by atoms with E-state index >= 15 is 0 Å². The number of benzene rings is 2. The summed E-state index contributed by atoms with van der Waals surface area (Å²) in [5.74, 6) is 1.38. The van der Waals surface area contributed by atoms with Crippen LogP contribution in [0.3, 0.4) is 0 Å². The minimum atomic E-state index is -3.37. The van der Waals surface area contributed by atoms with Gasteiger partial charge < -0.3 is 19.5 Å². The molecule has 0 saturated heterocycles. The van der Waals surface area contributed by atoms with Gasteiger partial charge in [0, 0.05) is 29.8 Å². The van der Waals surface area contributed by atoms with E-state index in [1.165, 1.54) is 17.7 Å². The van der Waals surface area contributed by atoms with Crippen molar-refractivity contribution < 1.29 is 27.4 Å². The van der Waals surface area contributed by atoms with Crippen LogP contribution in [0.15, 0.2) is 30.3 Å². The third-order valence-electron chi connectivity index (χ3n) is 5.08. The number of rotatable bonds is 7. The Kier molecular flexibility index (Phi) is 6.12. The first-order valence-electron chi connectivity index (χ1n) is 9.39. The molecule has 9 heteroatoms. The monoisotopic (exact) mass is 434 g/mol. The number of carbonyl (C=O) groups is 1. The third kappa shape index (κ3) is 4.16. The number of fused-ring (bicyclic) bond motifs is 1. The second kappa shape index (κ2) is 8.43. The fraction of sp³-hybridized carbons (Fsp3) is 0.381. The Labute approximate surface area is 176 Å². The highest BCUT2D eigenvalue weighted by atomic mass is 32.2. The van der Waals surface area contributed by atoms with E-state index in [1.807, 2.05) is 6.92 Å². The lowest BCUT2D eigenvalue weighted by atomic mass is 10.1. The van der Waals surface area contributed by atoms with Crippen LogP contribution in [0.1, 0.15) is 28.4 Å². The molecular formula is C21H26N2O6S. The molecule has 0 spiro atoms. The van der Waals surface area contributed by atoms with Crippen LogP contribution >= 0.6 is 0 Å². The largest absolute Gasteiger partial charge is 0.496 e. The molecule has 1 heterocycles. The Bertz CT molecular complexity index is 1070. The summed E-state index contributed by atoms with van der Waals surface area (Å²) in [5.41, 5.74) is 2.67. The predicted molar refractivity (Wildman–Crippen MR) is 114 cm³/mol. The van der Waals surface area contributed by atoms with Crippen molar-refractivity contribution in [2.45, 2.75) is 25.9 Å². The highest BCUT2D eigenvalue weighted by Crippen LogP contribution is 2.36. The molecule has 1 amide bonds. The van der Waals surface area contributed by atoms with Gasteiger partial charge in [0.2, 0.25) is 10.0 Å². The van der Waals surface area contributed by atoms with E-state index < -0.39 is 10.0 Å². The number of amides is 1. The van der Waals surface area contributed by atoms with Crippen molar-refractivity contribution in [1.29, 1.82) is 0 Å². The molecule has 8 nitrogen and oxygen atoms in total. The smallest absolute Gasteiger partial charge is 0.251 e. The summed E-state index contributed by atoms with van der Waals surface area (Å²) < 4.78 is 41.5. The Balaban J connectivity index is 1.79. The van der Waals surface area contributed by atoms with Crippen molar-refractivity contribution in [3.8, 4) is 17.2 Å². The van der Waals surface area contributed by atoms with Crippen molar-refractivity contribution in [2.24, 2.45) is 0 Å². The second-order valence-corrected chi connectivity index (χ2v) is 9.02.